The second-order valence-corrected chi connectivity index (χ2v) is 4.91. The maximum Gasteiger partial charge on any atom is 0.240 e. The molecule has 0 aliphatic carbocycles. The summed E-state index contributed by atoms with van der Waals surface area (Å²) in [6.45, 7) is 0.927. The van der Waals surface area contributed by atoms with Gasteiger partial charge in [-0.2, -0.15) is 5.10 Å². The number of aromatic nitrogens is 1. The van der Waals surface area contributed by atoms with Gasteiger partial charge >= 0.3 is 0 Å². The van der Waals surface area contributed by atoms with Crippen LogP contribution in [0.5, 0.6) is 0 Å². The molecule has 23 heavy (non-hydrogen) atoms. The van der Waals surface area contributed by atoms with Crippen molar-refractivity contribution in [2.45, 2.75) is 25.7 Å². The standard InChI is InChI=1S/C16H20N4O.2ClH/c17-9-3-1-2-6-16(21)20-19-12-13-7-8-15-14(11-13)5-4-10-18-15;;/h4-5,7-8,10-12H,1-3,6,9,17H2,(H,20,21);2*1H/b19-12+;;. The van der Waals surface area contributed by atoms with Crippen LogP contribution in [0, 0.1) is 0 Å². The van der Waals surface area contributed by atoms with E-state index < -0.39 is 0 Å². The third kappa shape index (κ3) is 7.41. The number of pyridine rings is 1. The summed E-state index contributed by atoms with van der Waals surface area (Å²) >= 11 is 0. The number of nitrogens with zero attached hydrogens (tertiary/aromatic N) is 2. The molecule has 0 saturated carbocycles. The molecule has 0 unspecified atom stereocenters. The van der Waals surface area contributed by atoms with Crippen LogP contribution >= 0.6 is 12.4 Å². The van der Waals surface area contributed by atoms with Gasteiger partial charge in [0.05, 0.1) is 18.3 Å². The number of halogens is 2. The van der Waals surface area contributed by atoms with Crippen LogP contribution in [0.3, 0.4) is 0 Å². The minimum atomic E-state index is -0.0437. The van der Waals surface area contributed by atoms with E-state index in [1.165, 1.54) is 0 Å². The van der Waals surface area contributed by atoms with Crippen molar-refractivity contribution in [2.75, 3.05) is 6.54 Å². The van der Waals surface area contributed by atoms with Gasteiger partial charge in [-0.1, -0.05) is 12.1 Å². The van der Waals surface area contributed by atoms with E-state index in [-0.39, 0.29) is 30.7 Å². The van der Waals surface area contributed by atoms with Crippen molar-refractivity contribution in [2.24, 2.45) is 5.10 Å². The van der Waals surface area contributed by atoms with Gasteiger partial charge in [-0.3, -0.25) is 9.78 Å². The van der Waals surface area contributed by atoms with Crippen molar-refractivity contribution in [3.8, 4) is 0 Å². The third-order valence-corrected chi connectivity index (χ3v) is 3.18. The second-order valence-electron chi connectivity index (χ2n) is 4.91. The first-order chi connectivity index (χ1) is 10.3. The number of carbonyl (C=O) groups is 1. The number of rotatable bonds is 7. The second kappa shape index (κ2) is 11.8. The van der Waals surface area contributed by atoms with Gasteiger partial charge in [-0.25, -0.2) is 5.43 Å². The van der Waals surface area contributed by atoms with Gasteiger partial charge in [0, 0.05) is 18.0 Å². The molecule has 0 atom stereocenters. The molecule has 0 spiro atoms. The maximum atomic E-state index is 11.6. The molecule has 7 heteroatoms. The quantitative estimate of drug-likeness (QED) is 0.375. The van der Waals surface area contributed by atoms with Crippen molar-refractivity contribution in [3.63, 3.8) is 0 Å². The van der Waals surface area contributed by atoms with Crippen molar-refractivity contribution >= 4 is 35.4 Å². The summed E-state index contributed by atoms with van der Waals surface area (Å²) in [5.74, 6) is -0.0437. The summed E-state index contributed by atoms with van der Waals surface area (Å²) in [7, 11) is 0. The van der Waals surface area contributed by atoms with E-state index in [1.807, 2.05) is 30.3 Å². The number of benzene rings is 1. The van der Waals surface area contributed by atoms with Crippen LogP contribution in [0.25, 0.3) is 10.9 Å². The summed E-state index contributed by atoms with van der Waals surface area (Å²) in [4.78, 5) is 15.8. The van der Waals surface area contributed by atoms with Crippen molar-refractivity contribution in [1.82, 2.24) is 10.4 Å². The van der Waals surface area contributed by atoms with Crippen molar-refractivity contribution < 1.29 is 22.9 Å². The first kappa shape index (κ1) is 21.3. The van der Waals surface area contributed by atoms with Gasteiger partial charge in [0.15, 0.2) is 0 Å². The number of fused-ring (bicyclic) bond motifs is 1. The summed E-state index contributed by atoms with van der Waals surface area (Å²) in [5.41, 5.74) is 8.22. The monoisotopic (exact) mass is 356 g/mol. The molecule has 0 saturated heterocycles. The number of quaternary nitrogens is 1. The maximum absolute atomic E-state index is 11.6. The van der Waals surface area contributed by atoms with Gasteiger partial charge in [0.1, 0.15) is 0 Å². The molecule has 1 amide bonds. The minimum absolute atomic E-state index is 0. The zero-order valence-electron chi connectivity index (χ0n) is 12.9. The molecule has 1 aromatic heterocycles. The number of hydrogen-bond acceptors (Lipinski definition) is 3. The molecule has 0 aliphatic rings. The van der Waals surface area contributed by atoms with Crippen LogP contribution in [0.2, 0.25) is 0 Å². The predicted octanol–water partition coefficient (Wildman–Crippen LogP) is -1.09. The Kier molecular flexibility index (Phi) is 11.0. The van der Waals surface area contributed by atoms with E-state index in [4.69, 9.17) is 0 Å². The van der Waals surface area contributed by atoms with Crippen LogP contribution in [-0.4, -0.2) is 23.7 Å². The molecule has 0 radical (unpaired) electrons. The fourth-order valence-electron chi connectivity index (χ4n) is 2.05. The lowest BCUT2D eigenvalue weighted by Gasteiger charge is -2.00. The van der Waals surface area contributed by atoms with Gasteiger partial charge in [-0.15, -0.1) is 12.4 Å². The highest BCUT2D eigenvalue weighted by Gasteiger charge is 1.99. The molecule has 2 aromatic rings. The summed E-state index contributed by atoms with van der Waals surface area (Å²) in [5, 5.41) is 5.05. The molecule has 4 N–H and O–H groups in total. The molecular weight excluding hydrogens is 335 g/mol. The van der Waals surface area contributed by atoms with Crippen LogP contribution in [-0.2, 0) is 4.79 Å². The molecular formula is C16H22Cl2N4O. The predicted molar refractivity (Wildman–Crippen MR) is 91.0 cm³/mol. The molecule has 1 aromatic carbocycles. The number of nitrogens with one attached hydrogen (secondary N) is 1. The smallest absolute Gasteiger partial charge is 0.240 e. The molecule has 0 aliphatic heterocycles. The van der Waals surface area contributed by atoms with Crippen molar-refractivity contribution in [1.29, 1.82) is 0 Å². The van der Waals surface area contributed by atoms with E-state index in [1.54, 1.807) is 12.4 Å². The number of hydrazone groups is 1. The van der Waals surface area contributed by atoms with E-state index in [2.05, 4.69) is 21.2 Å². The highest BCUT2D eigenvalue weighted by Crippen LogP contribution is 2.11. The fourth-order valence-corrected chi connectivity index (χ4v) is 2.05. The number of carbonyl (C=O) groups excluding carboxylic acids is 1. The summed E-state index contributed by atoms with van der Waals surface area (Å²) in [6.07, 6.45) is 6.93. The average Bonchev–Trinajstić information content (AvgIpc) is 2.51. The fraction of sp³-hybridized carbons (Fsp3) is 0.312. The Bertz CT molecular complexity index is 634. The zero-order chi connectivity index (χ0) is 14.9. The van der Waals surface area contributed by atoms with E-state index >= 15 is 0 Å². The van der Waals surface area contributed by atoms with Crippen LogP contribution in [0.1, 0.15) is 31.2 Å². The van der Waals surface area contributed by atoms with Crippen LogP contribution < -0.4 is 23.6 Å². The van der Waals surface area contributed by atoms with Crippen LogP contribution in [0.4, 0.5) is 0 Å². The molecule has 0 fully saturated rings. The summed E-state index contributed by atoms with van der Waals surface area (Å²) < 4.78 is 0. The first-order valence-electron chi connectivity index (χ1n) is 7.25. The van der Waals surface area contributed by atoms with E-state index in [0.29, 0.717) is 6.42 Å². The highest BCUT2D eigenvalue weighted by atomic mass is 35.5. The minimum Gasteiger partial charge on any atom is -1.00 e. The SMILES string of the molecule is Cl.[Cl-].[NH3+]CCCCCC(=O)N/N=C/c1ccc2ncccc2c1. The molecule has 126 valence electrons. The lowest BCUT2D eigenvalue weighted by molar-refractivity contribution is -0.368. The topological polar surface area (TPSA) is 82.0 Å². The average molecular weight is 357 g/mol. The third-order valence-electron chi connectivity index (χ3n) is 3.18. The van der Waals surface area contributed by atoms with E-state index in [9.17, 15) is 4.79 Å². The first-order valence-corrected chi connectivity index (χ1v) is 7.25. The molecule has 0 bridgehead atoms. The number of hydrogen-bond donors (Lipinski definition) is 2. The van der Waals surface area contributed by atoms with Crippen molar-refractivity contribution in [3.05, 3.63) is 42.1 Å². The highest BCUT2D eigenvalue weighted by molar-refractivity contribution is 5.89. The lowest BCUT2D eigenvalue weighted by Crippen LogP contribution is -3.00. The van der Waals surface area contributed by atoms with Crippen LogP contribution in [0.15, 0.2) is 41.6 Å². The Morgan fingerprint density at radius 2 is 2.09 bits per heavy atom. The zero-order valence-corrected chi connectivity index (χ0v) is 14.4. The Balaban J connectivity index is 0.00000242. The normalized spacial score (nSPS) is 10.1. The van der Waals surface area contributed by atoms with Gasteiger partial charge in [0.2, 0.25) is 5.91 Å². The molecule has 5 nitrogen and oxygen atoms in total. The van der Waals surface area contributed by atoms with E-state index in [0.717, 1.165) is 42.3 Å². The Morgan fingerprint density at radius 1 is 1.26 bits per heavy atom. The largest absolute Gasteiger partial charge is 1.00 e. The lowest BCUT2D eigenvalue weighted by atomic mass is 10.1. The Hall–Kier alpha value is -1.69. The Labute approximate surface area is 148 Å². The number of unbranched alkanes of at least 4 members (excludes halogenated alkanes) is 2. The van der Waals surface area contributed by atoms with Gasteiger partial charge < -0.3 is 18.1 Å². The van der Waals surface area contributed by atoms with Gasteiger partial charge in [-0.05, 0) is 43.0 Å². The molecule has 1 heterocycles. The van der Waals surface area contributed by atoms with Gasteiger partial charge in [0.25, 0.3) is 0 Å². The molecule has 2 rings (SSSR count). The summed E-state index contributed by atoms with van der Waals surface area (Å²) in [6, 6.07) is 9.76. The Morgan fingerprint density at radius 3 is 2.87 bits per heavy atom. The number of amides is 1.